The molecule has 134 valence electrons. The van der Waals surface area contributed by atoms with E-state index >= 15 is 0 Å². The smallest absolute Gasteiger partial charge is 0.366 e. The third kappa shape index (κ3) is 4.33. The normalized spacial score (nSPS) is 17.2. The Kier molecular flexibility index (Phi) is 5.15. The molecule has 0 radical (unpaired) electrons. The van der Waals surface area contributed by atoms with Gasteiger partial charge in [0.2, 0.25) is 0 Å². The second kappa shape index (κ2) is 7.35. The van der Waals surface area contributed by atoms with E-state index in [1.807, 2.05) is 0 Å². The summed E-state index contributed by atoms with van der Waals surface area (Å²) in [5.41, 5.74) is -0.358. The Hall–Kier alpha value is -2.57. The molecule has 6 heteroatoms. The van der Waals surface area contributed by atoms with Crippen LogP contribution in [0.5, 0.6) is 0 Å². The zero-order chi connectivity index (χ0) is 18.7. The lowest BCUT2D eigenvalue weighted by Crippen LogP contribution is -2.16. The van der Waals surface area contributed by atoms with Gasteiger partial charge in [-0.05, 0) is 42.8 Å². The van der Waals surface area contributed by atoms with Gasteiger partial charge in [-0.25, -0.2) is 8.78 Å². The van der Waals surface area contributed by atoms with E-state index < -0.39 is 23.4 Å². The van der Waals surface area contributed by atoms with Crippen molar-refractivity contribution in [3.63, 3.8) is 0 Å². The number of alkyl halides is 3. The summed E-state index contributed by atoms with van der Waals surface area (Å²) in [5.74, 6) is 6.03. The van der Waals surface area contributed by atoms with Crippen molar-refractivity contribution in [3.8, 4) is 23.7 Å². The first-order chi connectivity index (χ1) is 12.3. The van der Waals surface area contributed by atoms with E-state index in [1.54, 1.807) is 0 Å². The van der Waals surface area contributed by atoms with Gasteiger partial charge >= 0.3 is 6.18 Å². The minimum absolute atomic E-state index is 0.0164. The monoisotopic (exact) mass is 364 g/mol. The molecule has 1 unspecified atom stereocenters. The van der Waals surface area contributed by atoms with E-state index in [9.17, 15) is 22.0 Å². The van der Waals surface area contributed by atoms with Crippen molar-refractivity contribution in [3.05, 3.63) is 47.0 Å². The van der Waals surface area contributed by atoms with Gasteiger partial charge in [0.1, 0.15) is 17.7 Å². The molecule has 0 bridgehead atoms. The Balaban J connectivity index is 1.96. The highest BCUT2D eigenvalue weighted by Crippen LogP contribution is 2.25. The summed E-state index contributed by atoms with van der Waals surface area (Å²) in [7, 11) is 0. The van der Waals surface area contributed by atoms with Crippen LogP contribution in [-0.2, 0) is 4.74 Å². The molecule has 1 heterocycles. The van der Waals surface area contributed by atoms with Crippen LogP contribution >= 0.6 is 0 Å². The van der Waals surface area contributed by atoms with E-state index in [1.165, 1.54) is 24.1 Å². The third-order valence-corrected chi connectivity index (χ3v) is 3.91. The van der Waals surface area contributed by atoms with Crippen LogP contribution in [0.15, 0.2) is 24.3 Å². The first kappa shape index (κ1) is 18.2. The Morgan fingerprint density at radius 1 is 1.04 bits per heavy atom. The van der Waals surface area contributed by atoms with E-state index in [0.29, 0.717) is 12.2 Å². The predicted molar refractivity (Wildman–Crippen MR) is 87.3 cm³/mol. The molecule has 0 saturated carbocycles. The number of hydrogen-bond acceptors (Lipinski definition) is 1. The lowest BCUT2D eigenvalue weighted by atomic mass is 10.0. The molecule has 0 aliphatic carbocycles. The zero-order valence-corrected chi connectivity index (χ0v) is 13.5. The van der Waals surface area contributed by atoms with Gasteiger partial charge in [-0.1, -0.05) is 23.8 Å². The molecular formula is C20H13F5O. The Morgan fingerprint density at radius 3 is 2.54 bits per heavy atom. The van der Waals surface area contributed by atoms with Crippen molar-refractivity contribution in [1.29, 1.82) is 0 Å². The number of halogens is 5. The average molecular weight is 364 g/mol. The molecule has 2 aromatic rings. The molecule has 0 aromatic heterocycles. The highest BCUT2D eigenvalue weighted by molar-refractivity contribution is 5.86. The fourth-order valence-electron chi connectivity index (χ4n) is 2.67. The first-order valence-electron chi connectivity index (χ1n) is 7.98. The highest BCUT2D eigenvalue weighted by Gasteiger charge is 2.24. The van der Waals surface area contributed by atoms with Crippen LogP contribution < -0.4 is 0 Å². The molecule has 26 heavy (non-hydrogen) atoms. The summed E-state index contributed by atoms with van der Waals surface area (Å²) >= 11 is 0. The molecule has 2 aromatic carbocycles. The maximum atomic E-state index is 14.3. The molecule has 1 aliphatic rings. The van der Waals surface area contributed by atoms with E-state index in [-0.39, 0.29) is 16.9 Å². The van der Waals surface area contributed by atoms with Crippen LogP contribution in [0.2, 0.25) is 0 Å². The minimum atomic E-state index is -4.82. The van der Waals surface area contributed by atoms with Crippen molar-refractivity contribution in [2.45, 2.75) is 31.5 Å². The highest BCUT2D eigenvalue weighted by atomic mass is 19.4. The van der Waals surface area contributed by atoms with Gasteiger partial charge in [-0.2, -0.15) is 13.2 Å². The maximum absolute atomic E-state index is 14.3. The van der Waals surface area contributed by atoms with Gasteiger partial charge < -0.3 is 4.74 Å². The quantitative estimate of drug-likeness (QED) is 0.475. The van der Waals surface area contributed by atoms with Crippen LogP contribution in [-0.4, -0.2) is 18.9 Å². The number of ether oxygens (including phenoxy) is 1. The topological polar surface area (TPSA) is 9.23 Å². The molecule has 1 fully saturated rings. The standard InChI is InChI=1S/C20H13F5O/c21-18-12-14-11-13(4-6-15-3-1-2-10-26-15)5-7-16(14)19(22)17(18)8-9-20(23,24)25/h5,7,11-12,15H,1-3,10H2. The molecule has 0 amide bonds. The molecule has 0 spiro atoms. The molecule has 3 rings (SSSR count). The van der Waals surface area contributed by atoms with Crippen molar-refractivity contribution >= 4 is 10.8 Å². The van der Waals surface area contributed by atoms with Crippen molar-refractivity contribution in [2.75, 3.05) is 6.61 Å². The largest absolute Gasteiger partial charge is 0.458 e. The van der Waals surface area contributed by atoms with E-state index in [0.717, 1.165) is 31.2 Å². The summed E-state index contributed by atoms with van der Waals surface area (Å²) in [5, 5.41) is 0.186. The number of rotatable bonds is 0. The van der Waals surface area contributed by atoms with Crippen molar-refractivity contribution < 1.29 is 26.7 Å². The van der Waals surface area contributed by atoms with Crippen LogP contribution in [0.4, 0.5) is 22.0 Å². The summed E-state index contributed by atoms with van der Waals surface area (Å²) in [6, 6.07) is 5.33. The lowest BCUT2D eigenvalue weighted by Gasteiger charge is -2.17. The molecule has 1 saturated heterocycles. The fraction of sp³-hybridized carbons (Fsp3) is 0.300. The van der Waals surface area contributed by atoms with E-state index in [2.05, 4.69) is 11.8 Å². The number of benzene rings is 2. The molecular weight excluding hydrogens is 351 g/mol. The molecule has 1 nitrogen and oxygen atoms in total. The average Bonchev–Trinajstić information content (AvgIpc) is 2.59. The van der Waals surface area contributed by atoms with Gasteiger partial charge in [0.05, 0.1) is 5.56 Å². The van der Waals surface area contributed by atoms with Gasteiger partial charge in [0.25, 0.3) is 0 Å². The Labute approximate surface area is 147 Å². The molecule has 1 atom stereocenters. The van der Waals surface area contributed by atoms with E-state index in [4.69, 9.17) is 4.74 Å². The maximum Gasteiger partial charge on any atom is 0.458 e. The summed E-state index contributed by atoms with van der Waals surface area (Å²) in [4.78, 5) is 0. The van der Waals surface area contributed by atoms with Gasteiger partial charge in [-0.15, -0.1) is 0 Å². The van der Waals surface area contributed by atoms with Crippen molar-refractivity contribution in [1.82, 2.24) is 0 Å². The number of fused-ring (bicyclic) bond motifs is 1. The van der Waals surface area contributed by atoms with Crippen molar-refractivity contribution in [2.24, 2.45) is 0 Å². The minimum Gasteiger partial charge on any atom is -0.366 e. The summed E-state index contributed by atoms with van der Waals surface area (Å²) in [6.07, 6.45) is -2.10. The van der Waals surface area contributed by atoms with Crippen LogP contribution in [0.25, 0.3) is 10.8 Å². The second-order valence-corrected chi connectivity index (χ2v) is 5.86. The predicted octanol–water partition coefficient (Wildman–Crippen LogP) is 4.95. The fourth-order valence-corrected chi connectivity index (χ4v) is 2.67. The second-order valence-electron chi connectivity index (χ2n) is 5.86. The zero-order valence-electron chi connectivity index (χ0n) is 13.5. The molecule has 0 N–H and O–H groups in total. The van der Waals surface area contributed by atoms with Gasteiger partial charge in [0.15, 0.2) is 0 Å². The summed E-state index contributed by atoms with van der Waals surface area (Å²) in [6.45, 7) is 0.662. The SMILES string of the molecule is Fc1cc2cc(C#CC3CCCCO3)ccc2c(F)c1C#CC(F)(F)F. The van der Waals surface area contributed by atoms with Crippen LogP contribution in [0.1, 0.15) is 30.4 Å². The molecule has 1 aliphatic heterocycles. The van der Waals surface area contributed by atoms with Crippen LogP contribution in [0.3, 0.4) is 0 Å². The van der Waals surface area contributed by atoms with Gasteiger partial charge in [0, 0.05) is 23.5 Å². The summed E-state index contributed by atoms with van der Waals surface area (Å²) < 4.78 is 70.3. The Morgan fingerprint density at radius 2 is 1.85 bits per heavy atom. The lowest BCUT2D eigenvalue weighted by molar-refractivity contribution is -0.0696. The first-order valence-corrected chi connectivity index (χ1v) is 7.98. The third-order valence-electron chi connectivity index (χ3n) is 3.91. The van der Waals surface area contributed by atoms with Crippen LogP contribution in [0, 0.1) is 35.3 Å². The number of hydrogen-bond donors (Lipinski definition) is 0. The van der Waals surface area contributed by atoms with Gasteiger partial charge in [-0.3, -0.25) is 0 Å². The Bertz CT molecular complexity index is 948.